The van der Waals surface area contributed by atoms with Crippen molar-refractivity contribution >= 4 is 5.91 Å². The molecule has 0 bridgehead atoms. The summed E-state index contributed by atoms with van der Waals surface area (Å²) in [7, 11) is 1.82. The first-order valence-electron chi connectivity index (χ1n) is 11.2. The molecule has 0 saturated carbocycles. The van der Waals surface area contributed by atoms with E-state index in [9.17, 15) is 9.59 Å². The first kappa shape index (κ1) is 22.0. The lowest BCUT2D eigenvalue weighted by Gasteiger charge is -2.36. The van der Waals surface area contributed by atoms with Crippen LogP contribution >= 0.6 is 0 Å². The number of nitrogens with zero attached hydrogens (tertiary/aromatic N) is 4. The number of carbonyl (C=O) groups is 1. The van der Waals surface area contributed by atoms with Crippen molar-refractivity contribution in [1.82, 2.24) is 19.4 Å². The van der Waals surface area contributed by atoms with Gasteiger partial charge in [-0.25, -0.2) is 0 Å². The molecule has 1 aromatic carbocycles. The number of benzene rings is 1. The Balaban J connectivity index is 1.35. The molecule has 0 unspecified atom stereocenters. The standard InChI is InChI=1S/C26H30N4O2/c1-28(23-13-18-29(19-14-23)17-12-22-10-5-6-15-27-22)25(31)24-11-7-16-30(26(24)32)20-21-8-3-2-4-9-21/h2-11,15-16,23H,12-14,17-20H2,1H3. The summed E-state index contributed by atoms with van der Waals surface area (Å²) < 4.78 is 1.61. The number of hydrogen-bond donors (Lipinski definition) is 0. The van der Waals surface area contributed by atoms with Gasteiger partial charge >= 0.3 is 0 Å². The maximum absolute atomic E-state index is 13.2. The average Bonchev–Trinajstić information content (AvgIpc) is 2.85. The van der Waals surface area contributed by atoms with Gasteiger partial charge in [-0.2, -0.15) is 0 Å². The summed E-state index contributed by atoms with van der Waals surface area (Å²) in [6.45, 7) is 3.33. The molecular formula is C26H30N4O2. The molecule has 1 amide bonds. The van der Waals surface area contributed by atoms with Crippen LogP contribution in [0.5, 0.6) is 0 Å². The van der Waals surface area contributed by atoms with E-state index in [0.717, 1.165) is 50.2 Å². The van der Waals surface area contributed by atoms with Crippen molar-refractivity contribution in [2.45, 2.75) is 31.8 Å². The van der Waals surface area contributed by atoms with Gasteiger partial charge in [-0.1, -0.05) is 36.4 Å². The minimum atomic E-state index is -0.235. The Hall–Kier alpha value is -3.25. The number of carbonyl (C=O) groups excluding carboxylic acids is 1. The quantitative estimate of drug-likeness (QED) is 0.578. The van der Waals surface area contributed by atoms with Crippen molar-refractivity contribution in [3.63, 3.8) is 0 Å². The van der Waals surface area contributed by atoms with E-state index < -0.39 is 0 Å². The van der Waals surface area contributed by atoms with Crippen LogP contribution in [-0.4, -0.2) is 58.0 Å². The number of aromatic nitrogens is 2. The molecule has 0 N–H and O–H groups in total. The molecule has 1 aliphatic rings. The maximum atomic E-state index is 13.2. The molecule has 1 aliphatic heterocycles. The number of hydrogen-bond acceptors (Lipinski definition) is 4. The van der Waals surface area contributed by atoms with Crippen molar-refractivity contribution in [3.8, 4) is 0 Å². The first-order chi connectivity index (χ1) is 15.6. The monoisotopic (exact) mass is 430 g/mol. The Labute approximate surface area is 189 Å². The second-order valence-electron chi connectivity index (χ2n) is 8.40. The molecule has 166 valence electrons. The predicted molar refractivity (Wildman–Crippen MR) is 126 cm³/mol. The van der Waals surface area contributed by atoms with Crippen molar-refractivity contribution in [2.24, 2.45) is 0 Å². The third kappa shape index (κ3) is 5.32. The van der Waals surface area contributed by atoms with E-state index in [2.05, 4.69) is 16.0 Å². The summed E-state index contributed by atoms with van der Waals surface area (Å²) in [4.78, 5) is 34.7. The van der Waals surface area contributed by atoms with Gasteiger partial charge in [-0.15, -0.1) is 0 Å². The third-order valence-corrected chi connectivity index (χ3v) is 6.28. The molecule has 3 aromatic rings. The minimum absolute atomic E-state index is 0.149. The molecule has 3 heterocycles. The van der Waals surface area contributed by atoms with E-state index in [-0.39, 0.29) is 23.1 Å². The fourth-order valence-corrected chi connectivity index (χ4v) is 4.31. The highest BCUT2D eigenvalue weighted by molar-refractivity contribution is 5.93. The summed E-state index contributed by atoms with van der Waals surface area (Å²) in [5.74, 6) is -0.190. The van der Waals surface area contributed by atoms with Crippen LogP contribution in [0.3, 0.4) is 0 Å². The molecule has 0 radical (unpaired) electrons. The average molecular weight is 431 g/mol. The van der Waals surface area contributed by atoms with Gasteiger partial charge in [-0.05, 0) is 42.7 Å². The van der Waals surface area contributed by atoms with Crippen LogP contribution < -0.4 is 5.56 Å². The lowest BCUT2D eigenvalue weighted by Crippen LogP contribution is -2.47. The summed E-state index contributed by atoms with van der Waals surface area (Å²) in [5, 5.41) is 0. The number of amides is 1. The zero-order valence-electron chi connectivity index (χ0n) is 18.6. The highest BCUT2D eigenvalue weighted by Gasteiger charge is 2.27. The summed E-state index contributed by atoms with van der Waals surface area (Å²) in [5.41, 5.74) is 2.15. The van der Waals surface area contributed by atoms with E-state index in [1.807, 2.05) is 55.7 Å². The van der Waals surface area contributed by atoms with E-state index in [1.165, 1.54) is 0 Å². The molecule has 2 aromatic heterocycles. The van der Waals surface area contributed by atoms with Crippen LogP contribution in [0.4, 0.5) is 0 Å². The Morgan fingerprint density at radius 2 is 1.78 bits per heavy atom. The van der Waals surface area contributed by atoms with Crippen LogP contribution in [-0.2, 0) is 13.0 Å². The SMILES string of the molecule is CN(C(=O)c1cccn(Cc2ccccc2)c1=O)C1CCN(CCc2ccccn2)CC1. The second-order valence-corrected chi connectivity index (χ2v) is 8.40. The normalized spacial score (nSPS) is 14.9. The van der Waals surface area contributed by atoms with Crippen molar-refractivity contribution in [2.75, 3.05) is 26.7 Å². The van der Waals surface area contributed by atoms with Crippen LogP contribution in [0.15, 0.2) is 77.9 Å². The molecule has 32 heavy (non-hydrogen) atoms. The van der Waals surface area contributed by atoms with Gasteiger partial charge in [-0.3, -0.25) is 14.6 Å². The molecule has 0 spiro atoms. The van der Waals surface area contributed by atoms with Crippen molar-refractivity contribution in [1.29, 1.82) is 0 Å². The van der Waals surface area contributed by atoms with E-state index in [4.69, 9.17) is 0 Å². The van der Waals surface area contributed by atoms with Gasteiger partial charge in [0, 0.05) is 57.2 Å². The molecule has 0 atom stereocenters. The summed E-state index contributed by atoms with van der Waals surface area (Å²) >= 11 is 0. The Kier molecular flexibility index (Phi) is 7.12. The highest BCUT2D eigenvalue weighted by atomic mass is 16.2. The second kappa shape index (κ2) is 10.4. The highest BCUT2D eigenvalue weighted by Crippen LogP contribution is 2.17. The summed E-state index contributed by atoms with van der Waals surface area (Å²) in [6, 6.07) is 19.4. The molecular weight excluding hydrogens is 400 g/mol. The van der Waals surface area contributed by atoms with E-state index in [1.54, 1.807) is 27.8 Å². The zero-order valence-corrected chi connectivity index (χ0v) is 18.6. The predicted octanol–water partition coefficient (Wildman–Crippen LogP) is 3.07. The van der Waals surface area contributed by atoms with Crippen LogP contribution in [0.1, 0.15) is 34.5 Å². The molecule has 6 nitrogen and oxygen atoms in total. The molecule has 4 rings (SSSR count). The maximum Gasteiger partial charge on any atom is 0.263 e. The number of piperidine rings is 1. The molecule has 1 saturated heterocycles. The lowest BCUT2D eigenvalue weighted by atomic mass is 10.0. The zero-order chi connectivity index (χ0) is 22.3. The summed E-state index contributed by atoms with van der Waals surface area (Å²) in [6.07, 6.45) is 6.34. The van der Waals surface area contributed by atoms with Crippen molar-refractivity contribution in [3.05, 3.63) is 100 Å². The van der Waals surface area contributed by atoms with Gasteiger partial charge in [0.15, 0.2) is 0 Å². The fraction of sp³-hybridized carbons (Fsp3) is 0.346. The van der Waals surface area contributed by atoms with Crippen LogP contribution in [0.2, 0.25) is 0 Å². The lowest BCUT2D eigenvalue weighted by molar-refractivity contribution is 0.0641. The number of pyridine rings is 2. The number of rotatable bonds is 7. The largest absolute Gasteiger partial charge is 0.338 e. The first-order valence-corrected chi connectivity index (χ1v) is 11.2. The van der Waals surface area contributed by atoms with Gasteiger partial charge in [0.05, 0.1) is 6.54 Å². The van der Waals surface area contributed by atoms with E-state index >= 15 is 0 Å². The Morgan fingerprint density at radius 1 is 1.03 bits per heavy atom. The van der Waals surface area contributed by atoms with Crippen LogP contribution in [0.25, 0.3) is 0 Å². The van der Waals surface area contributed by atoms with Gasteiger partial charge < -0.3 is 14.4 Å². The molecule has 0 aliphatic carbocycles. The van der Waals surface area contributed by atoms with Gasteiger partial charge in [0.25, 0.3) is 11.5 Å². The Bertz CT molecular complexity index is 1070. The van der Waals surface area contributed by atoms with Crippen LogP contribution in [0, 0.1) is 0 Å². The number of likely N-dealkylation sites (tertiary alicyclic amines) is 1. The Morgan fingerprint density at radius 3 is 2.50 bits per heavy atom. The topological polar surface area (TPSA) is 58.4 Å². The smallest absolute Gasteiger partial charge is 0.263 e. The van der Waals surface area contributed by atoms with E-state index in [0.29, 0.717) is 6.54 Å². The molecule has 1 fully saturated rings. The van der Waals surface area contributed by atoms with Gasteiger partial charge in [0.1, 0.15) is 5.56 Å². The molecule has 6 heteroatoms. The fourth-order valence-electron chi connectivity index (χ4n) is 4.31. The van der Waals surface area contributed by atoms with Crippen molar-refractivity contribution < 1.29 is 4.79 Å². The third-order valence-electron chi connectivity index (χ3n) is 6.28. The minimum Gasteiger partial charge on any atom is -0.338 e. The van der Waals surface area contributed by atoms with Gasteiger partial charge in [0.2, 0.25) is 0 Å².